The molecule has 0 saturated carbocycles. The SMILES string of the molecule is CN(CC(=O)Nc1ccc(Oc2ccc(Cl)cc2)nc1)S(=O)(=O)c1ccc(C#N)cc1. The molecule has 0 aliphatic heterocycles. The summed E-state index contributed by atoms with van der Waals surface area (Å²) in [6.45, 7) is -0.397. The summed E-state index contributed by atoms with van der Waals surface area (Å²) >= 11 is 5.83. The van der Waals surface area contributed by atoms with Gasteiger partial charge >= 0.3 is 0 Å². The highest BCUT2D eigenvalue weighted by molar-refractivity contribution is 7.89. The first-order valence-electron chi connectivity index (χ1n) is 8.94. The summed E-state index contributed by atoms with van der Waals surface area (Å²) in [4.78, 5) is 16.4. The van der Waals surface area contributed by atoms with Crippen molar-refractivity contribution >= 4 is 33.2 Å². The molecule has 0 bridgehead atoms. The molecule has 0 unspecified atom stereocenters. The molecule has 0 atom stereocenters. The van der Waals surface area contributed by atoms with E-state index in [1.54, 1.807) is 36.4 Å². The molecule has 2 aromatic carbocycles. The average Bonchev–Trinajstić information content (AvgIpc) is 2.76. The molecule has 31 heavy (non-hydrogen) atoms. The molecule has 3 aromatic rings. The molecule has 8 nitrogen and oxygen atoms in total. The molecule has 1 heterocycles. The number of nitrogens with zero attached hydrogens (tertiary/aromatic N) is 3. The molecule has 0 fully saturated rings. The van der Waals surface area contributed by atoms with Gasteiger partial charge in [0.1, 0.15) is 5.75 Å². The van der Waals surface area contributed by atoms with Gasteiger partial charge in [0.05, 0.1) is 35.0 Å². The van der Waals surface area contributed by atoms with Gasteiger partial charge in [-0.1, -0.05) is 11.6 Å². The third kappa shape index (κ3) is 5.79. The number of carbonyl (C=O) groups is 1. The van der Waals surface area contributed by atoms with Crippen molar-refractivity contribution in [2.75, 3.05) is 18.9 Å². The smallest absolute Gasteiger partial charge is 0.243 e. The summed E-state index contributed by atoms with van der Waals surface area (Å²) in [7, 11) is -2.58. The van der Waals surface area contributed by atoms with Crippen molar-refractivity contribution in [2.24, 2.45) is 0 Å². The fraction of sp³-hybridized carbons (Fsp3) is 0.0952. The number of pyridine rings is 1. The third-order valence-corrected chi connectivity index (χ3v) is 6.18. The molecule has 0 spiro atoms. The van der Waals surface area contributed by atoms with E-state index in [1.165, 1.54) is 37.5 Å². The molecule has 0 radical (unpaired) electrons. The number of ether oxygens (including phenoxy) is 1. The highest BCUT2D eigenvalue weighted by Gasteiger charge is 2.23. The Kier molecular flexibility index (Phi) is 6.87. The largest absolute Gasteiger partial charge is 0.439 e. The molecule has 1 aromatic heterocycles. The first-order valence-corrected chi connectivity index (χ1v) is 10.8. The van der Waals surface area contributed by atoms with Gasteiger partial charge in [-0.2, -0.15) is 9.57 Å². The van der Waals surface area contributed by atoms with Crippen molar-refractivity contribution in [3.05, 3.63) is 77.4 Å². The van der Waals surface area contributed by atoms with Gasteiger partial charge in [0.2, 0.25) is 21.8 Å². The Balaban J connectivity index is 1.59. The lowest BCUT2D eigenvalue weighted by Crippen LogP contribution is -2.35. The van der Waals surface area contributed by atoms with Gasteiger partial charge in [-0.15, -0.1) is 0 Å². The van der Waals surface area contributed by atoms with Crippen LogP contribution in [-0.4, -0.2) is 37.2 Å². The third-order valence-electron chi connectivity index (χ3n) is 4.11. The van der Waals surface area contributed by atoms with Gasteiger partial charge < -0.3 is 10.1 Å². The minimum Gasteiger partial charge on any atom is -0.439 e. The lowest BCUT2D eigenvalue weighted by atomic mass is 10.2. The maximum absolute atomic E-state index is 12.6. The van der Waals surface area contributed by atoms with Crippen LogP contribution in [0.2, 0.25) is 5.02 Å². The topological polar surface area (TPSA) is 112 Å². The molecule has 0 aliphatic rings. The first kappa shape index (κ1) is 22.2. The number of hydrogen-bond donors (Lipinski definition) is 1. The Morgan fingerprint density at radius 3 is 2.39 bits per heavy atom. The Labute approximate surface area is 184 Å². The predicted octanol–water partition coefficient (Wildman–Crippen LogP) is 3.66. The van der Waals surface area contributed by atoms with Crippen LogP contribution in [0.3, 0.4) is 0 Å². The standard InChI is InChI=1S/C21H17ClN4O4S/c1-26(31(28,29)19-9-2-15(12-23)3-10-19)14-20(27)25-17-6-11-21(24-13-17)30-18-7-4-16(22)5-8-18/h2-11,13H,14H2,1H3,(H,25,27). The van der Waals surface area contributed by atoms with Gasteiger partial charge in [-0.25, -0.2) is 13.4 Å². The summed E-state index contributed by atoms with van der Waals surface area (Å²) in [6.07, 6.45) is 1.40. The number of nitrogens with one attached hydrogen (secondary N) is 1. The van der Waals surface area contributed by atoms with Crippen molar-refractivity contribution in [1.82, 2.24) is 9.29 Å². The number of carbonyl (C=O) groups excluding carboxylic acids is 1. The second kappa shape index (κ2) is 9.57. The second-order valence-corrected chi connectivity index (χ2v) is 8.87. The summed E-state index contributed by atoms with van der Waals surface area (Å²) in [5, 5.41) is 12.0. The van der Waals surface area contributed by atoms with E-state index >= 15 is 0 Å². The highest BCUT2D eigenvalue weighted by Crippen LogP contribution is 2.22. The van der Waals surface area contributed by atoms with Crippen molar-refractivity contribution in [2.45, 2.75) is 4.90 Å². The predicted molar refractivity (Wildman–Crippen MR) is 115 cm³/mol. The minimum absolute atomic E-state index is 0.00725. The molecular weight excluding hydrogens is 440 g/mol. The van der Waals surface area contributed by atoms with E-state index in [0.717, 1.165) is 4.31 Å². The zero-order valence-corrected chi connectivity index (χ0v) is 17.9. The molecule has 10 heteroatoms. The van der Waals surface area contributed by atoms with Gasteiger partial charge in [-0.3, -0.25) is 4.79 Å². The van der Waals surface area contributed by atoms with E-state index in [9.17, 15) is 13.2 Å². The molecule has 0 saturated heterocycles. The molecule has 3 rings (SSSR count). The maximum atomic E-state index is 12.6. The summed E-state index contributed by atoms with van der Waals surface area (Å²) in [5.41, 5.74) is 0.730. The fourth-order valence-electron chi connectivity index (χ4n) is 2.51. The summed E-state index contributed by atoms with van der Waals surface area (Å²) in [5.74, 6) is 0.344. The summed E-state index contributed by atoms with van der Waals surface area (Å²) < 4.78 is 31.7. The van der Waals surface area contributed by atoms with Crippen LogP contribution in [0.15, 0.2) is 71.8 Å². The van der Waals surface area contributed by atoms with E-state index in [0.29, 0.717) is 27.9 Å². The number of rotatable bonds is 7. The number of amides is 1. The van der Waals surface area contributed by atoms with Crippen LogP contribution in [0, 0.1) is 11.3 Å². The van der Waals surface area contributed by atoms with Gasteiger partial charge in [0, 0.05) is 18.1 Å². The Hall–Kier alpha value is -3.45. The molecule has 1 amide bonds. The van der Waals surface area contributed by atoms with Crippen molar-refractivity contribution in [3.8, 4) is 17.7 Å². The average molecular weight is 457 g/mol. The molecule has 0 aliphatic carbocycles. The number of aromatic nitrogens is 1. The normalized spacial score (nSPS) is 11.0. The minimum atomic E-state index is -3.88. The number of benzene rings is 2. The molecular formula is C21H17ClN4O4S. The number of sulfonamides is 1. The quantitative estimate of drug-likeness (QED) is 0.580. The molecule has 1 N–H and O–H groups in total. The van der Waals surface area contributed by atoms with Crippen LogP contribution >= 0.6 is 11.6 Å². The zero-order valence-electron chi connectivity index (χ0n) is 16.3. The number of nitriles is 1. The van der Waals surface area contributed by atoms with Gasteiger partial charge in [0.25, 0.3) is 0 Å². The first-order chi connectivity index (χ1) is 14.8. The zero-order chi connectivity index (χ0) is 22.4. The van der Waals surface area contributed by atoms with E-state index in [1.807, 2.05) is 6.07 Å². The second-order valence-electron chi connectivity index (χ2n) is 6.39. The van der Waals surface area contributed by atoms with Crippen LogP contribution in [0.1, 0.15) is 5.56 Å². The van der Waals surface area contributed by atoms with E-state index in [4.69, 9.17) is 21.6 Å². The van der Waals surface area contributed by atoms with Crippen molar-refractivity contribution in [1.29, 1.82) is 5.26 Å². The van der Waals surface area contributed by atoms with E-state index in [2.05, 4.69) is 10.3 Å². The number of anilines is 1. The maximum Gasteiger partial charge on any atom is 0.243 e. The van der Waals surface area contributed by atoms with Crippen LogP contribution in [0.5, 0.6) is 11.6 Å². The van der Waals surface area contributed by atoms with Gasteiger partial charge in [0.15, 0.2) is 0 Å². The van der Waals surface area contributed by atoms with Crippen molar-refractivity contribution < 1.29 is 17.9 Å². The van der Waals surface area contributed by atoms with E-state index in [-0.39, 0.29) is 4.90 Å². The number of halogens is 1. The Morgan fingerprint density at radius 2 is 1.81 bits per heavy atom. The number of hydrogen-bond acceptors (Lipinski definition) is 6. The number of likely N-dealkylation sites (N-methyl/N-ethyl adjacent to an activating group) is 1. The van der Waals surface area contributed by atoms with Gasteiger partial charge in [-0.05, 0) is 54.6 Å². The fourth-order valence-corrected chi connectivity index (χ4v) is 3.76. The highest BCUT2D eigenvalue weighted by atomic mass is 35.5. The monoisotopic (exact) mass is 456 g/mol. The lowest BCUT2D eigenvalue weighted by molar-refractivity contribution is -0.116. The van der Waals surface area contributed by atoms with Crippen LogP contribution in [-0.2, 0) is 14.8 Å². The van der Waals surface area contributed by atoms with E-state index < -0.39 is 22.5 Å². The van der Waals surface area contributed by atoms with Crippen LogP contribution in [0.25, 0.3) is 0 Å². The van der Waals surface area contributed by atoms with Crippen molar-refractivity contribution in [3.63, 3.8) is 0 Å². The lowest BCUT2D eigenvalue weighted by Gasteiger charge is -2.17. The van der Waals surface area contributed by atoms with Crippen LogP contribution in [0.4, 0.5) is 5.69 Å². The summed E-state index contributed by atoms with van der Waals surface area (Å²) in [6, 6.07) is 17.3. The Morgan fingerprint density at radius 1 is 1.13 bits per heavy atom. The Bertz CT molecular complexity index is 1210. The molecule has 158 valence electrons. The van der Waals surface area contributed by atoms with Crippen LogP contribution < -0.4 is 10.1 Å².